The van der Waals surface area contributed by atoms with Crippen LogP contribution in [0.2, 0.25) is 5.02 Å². The van der Waals surface area contributed by atoms with Gasteiger partial charge in [0.1, 0.15) is 11.3 Å². The molecule has 0 N–H and O–H groups in total. The van der Waals surface area contributed by atoms with Crippen molar-refractivity contribution in [2.45, 2.75) is 25.8 Å². The molecule has 20 heavy (non-hydrogen) atoms. The first-order chi connectivity index (χ1) is 9.56. The summed E-state index contributed by atoms with van der Waals surface area (Å²) in [5.41, 5.74) is 1.81. The maximum Gasteiger partial charge on any atom is 0.128 e. The fraction of sp³-hybridized carbons (Fsp3) is 0.286. The fourth-order valence-electron chi connectivity index (χ4n) is 2.23. The highest BCUT2D eigenvalue weighted by Crippen LogP contribution is 2.30. The number of para-hydroxylation sites is 1. The van der Waals surface area contributed by atoms with Crippen LogP contribution in [0.1, 0.15) is 28.0 Å². The quantitative estimate of drug-likeness (QED) is 0.647. The average molecular weight is 326 g/mol. The number of alkyl halides is 1. The predicted octanol–water partition coefficient (Wildman–Crippen LogP) is 4.80. The van der Waals surface area contributed by atoms with Crippen LogP contribution in [0.3, 0.4) is 0 Å². The number of rotatable bonds is 3. The van der Waals surface area contributed by atoms with E-state index in [2.05, 4.69) is 14.5 Å². The molecule has 0 aliphatic carbocycles. The Labute approximate surface area is 131 Å². The molecule has 2 aromatic heterocycles. The topological polar surface area (TPSA) is 30.7 Å². The van der Waals surface area contributed by atoms with Crippen LogP contribution in [0.25, 0.3) is 11.0 Å². The first-order valence-electron chi connectivity index (χ1n) is 6.26. The Balaban J connectivity index is 2.16. The number of benzene rings is 1. The monoisotopic (exact) mass is 325 g/mol. The van der Waals surface area contributed by atoms with Crippen molar-refractivity contribution in [3.05, 3.63) is 45.1 Å². The normalized spacial score (nSPS) is 13.0. The second kappa shape index (κ2) is 5.35. The summed E-state index contributed by atoms with van der Waals surface area (Å²) in [5.74, 6) is 0.834. The molecule has 3 nitrogen and oxygen atoms in total. The van der Waals surface area contributed by atoms with Gasteiger partial charge in [0.2, 0.25) is 0 Å². The molecule has 0 bridgehead atoms. The second-order valence-electron chi connectivity index (χ2n) is 4.63. The number of imidazole rings is 1. The lowest BCUT2D eigenvalue weighted by Gasteiger charge is -2.08. The standard InChI is InChI=1S/C14H13Cl2N3S/c1-8(15)14-18-13-11(16)4-3-5-12(13)19(14)7-10-6-17-9(2)20-10/h3-6,8H,7H2,1-2H3. The van der Waals surface area contributed by atoms with Gasteiger partial charge in [-0.1, -0.05) is 17.7 Å². The summed E-state index contributed by atoms with van der Waals surface area (Å²) in [5, 5.41) is 1.54. The van der Waals surface area contributed by atoms with Gasteiger partial charge in [-0.15, -0.1) is 22.9 Å². The maximum atomic E-state index is 6.26. The van der Waals surface area contributed by atoms with E-state index in [9.17, 15) is 0 Å². The Bertz CT molecular complexity index is 761. The number of aromatic nitrogens is 3. The molecule has 0 fully saturated rings. The highest BCUT2D eigenvalue weighted by Gasteiger charge is 2.17. The SMILES string of the molecule is Cc1ncc(Cn2c(C(C)Cl)nc3c(Cl)cccc32)s1. The van der Waals surface area contributed by atoms with Gasteiger partial charge >= 0.3 is 0 Å². The van der Waals surface area contributed by atoms with Crippen LogP contribution in [0.15, 0.2) is 24.4 Å². The van der Waals surface area contributed by atoms with E-state index in [1.165, 1.54) is 4.88 Å². The molecule has 0 saturated carbocycles. The molecular formula is C14H13Cl2N3S. The van der Waals surface area contributed by atoms with Crippen LogP contribution >= 0.6 is 34.5 Å². The number of aryl methyl sites for hydroxylation is 1. The largest absolute Gasteiger partial charge is 0.321 e. The number of hydrogen-bond donors (Lipinski definition) is 0. The van der Waals surface area contributed by atoms with Gasteiger partial charge in [0, 0.05) is 11.1 Å². The zero-order chi connectivity index (χ0) is 14.3. The van der Waals surface area contributed by atoms with Gasteiger partial charge in [0.15, 0.2) is 0 Å². The number of halogens is 2. The molecular weight excluding hydrogens is 313 g/mol. The Kier molecular flexibility index (Phi) is 3.71. The van der Waals surface area contributed by atoms with Gasteiger partial charge in [-0.2, -0.15) is 0 Å². The van der Waals surface area contributed by atoms with E-state index in [0.29, 0.717) is 5.02 Å². The highest BCUT2D eigenvalue weighted by atomic mass is 35.5. The maximum absolute atomic E-state index is 6.26. The van der Waals surface area contributed by atoms with Crippen molar-refractivity contribution in [1.82, 2.24) is 14.5 Å². The van der Waals surface area contributed by atoms with Crippen LogP contribution in [0, 0.1) is 6.92 Å². The Morgan fingerprint density at radius 2 is 2.20 bits per heavy atom. The summed E-state index contributed by atoms with van der Waals surface area (Å²) in [6.45, 7) is 4.64. The van der Waals surface area contributed by atoms with Crippen molar-refractivity contribution in [3.63, 3.8) is 0 Å². The highest BCUT2D eigenvalue weighted by molar-refractivity contribution is 7.11. The van der Waals surface area contributed by atoms with Crippen LogP contribution in [-0.2, 0) is 6.54 Å². The number of fused-ring (bicyclic) bond motifs is 1. The van der Waals surface area contributed by atoms with E-state index < -0.39 is 0 Å². The van der Waals surface area contributed by atoms with Crippen molar-refractivity contribution >= 4 is 45.6 Å². The number of hydrogen-bond acceptors (Lipinski definition) is 3. The van der Waals surface area contributed by atoms with E-state index >= 15 is 0 Å². The number of nitrogens with zero attached hydrogens (tertiary/aromatic N) is 3. The number of thiazole rings is 1. The first-order valence-corrected chi connectivity index (χ1v) is 7.89. The smallest absolute Gasteiger partial charge is 0.128 e. The van der Waals surface area contributed by atoms with Crippen LogP contribution in [-0.4, -0.2) is 14.5 Å². The molecule has 3 rings (SSSR count). The van der Waals surface area contributed by atoms with Gasteiger partial charge < -0.3 is 4.57 Å². The van der Waals surface area contributed by atoms with E-state index in [0.717, 1.165) is 28.4 Å². The third-order valence-electron chi connectivity index (χ3n) is 3.10. The summed E-state index contributed by atoms with van der Waals surface area (Å²) in [4.78, 5) is 10.1. The Morgan fingerprint density at radius 3 is 2.85 bits per heavy atom. The Hall–Kier alpha value is -1.10. The molecule has 0 saturated heterocycles. The van der Waals surface area contributed by atoms with E-state index in [1.54, 1.807) is 11.3 Å². The minimum atomic E-state index is -0.174. The lowest BCUT2D eigenvalue weighted by Crippen LogP contribution is -2.04. The van der Waals surface area contributed by atoms with Gasteiger partial charge in [0.05, 0.1) is 27.5 Å². The predicted molar refractivity (Wildman–Crippen MR) is 85.0 cm³/mol. The average Bonchev–Trinajstić information content (AvgIpc) is 2.96. The molecule has 1 atom stereocenters. The zero-order valence-electron chi connectivity index (χ0n) is 11.1. The lowest BCUT2D eigenvalue weighted by molar-refractivity contribution is 0.749. The van der Waals surface area contributed by atoms with Crippen LogP contribution < -0.4 is 0 Å². The van der Waals surface area contributed by atoms with Crippen molar-refractivity contribution in [1.29, 1.82) is 0 Å². The van der Waals surface area contributed by atoms with E-state index in [1.807, 2.05) is 38.2 Å². The molecule has 1 aromatic carbocycles. The van der Waals surface area contributed by atoms with Crippen LogP contribution in [0.4, 0.5) is 0 Å². The molecule has 3 aromatic rings. The molecule has 0 aliphatic rings. The summed E-state index contributed by atoms with van der Waals surface area (Å²) >= 11 is 14.2. The first kappa shape index (κ1) is 13.9. The summed E-state index contributed by atoms with van der Waals surface area (Å²) in [6, 6.07) is 5.80. The third-order valence-corrected chi connectivity index (χ3v) is 4.50. The zero-order valence-corrected chi connectivity index (χ0v) is 13.4. The van der Waals surface area contributed by atoms with Gasteiger partial charge in [-0.3, -0.25) is 0 Å². The van der Waals surface area contributed by atoms with Gasteiger partial charge in [-0.05, 0) is 26.0 Å². The summed E-state index contributed by atoms with van der Waals surface area (Å²) in [7, 11) is 0. The second-order valence-corrected chi connectivity index (χ2v) is 7.01. The van der Waals surface area contributed by atoms with Crippen molar-refractivity contribution in [2.75, 3.05) is 0 Å². The minimum absolute atomic E-state index is 0.174. The molecule has 6 heteroatoms. The molecule has 0 radical (unpaired) electrons. The van der Waals surface area contributed by atoms with Crippen molar-refractivity contribution < 1.29 is 0 Å². The van der Waals surface area contributed by atoms with E-state index in [4.69, 9.17) is 23.2 Å². The van der Waals surface area contributed by atoms with Gasteiger partial charge in [0.25, 0.3) is 0 Å². The fourth-order valence-corrected chi connectivity index (χ4v) is 3.40. The molecule has 0 spiro atoms. The van der Waals surface area contributed by atoms with E-state index in [-0.39, 0.29) is 5.38 Å². The molecule has 0 amide bonds. The van der Waals surface area contributed by atoms with Crippen molar-refractivity contribution in [2.24, 2.45) is 0 Å². The van der Waals surface area contributed by atoms with Gasteiger partial charge in [-0.25, -0.2) is 9.97 Å². The summed E-state index contributed by atoms with van der Waals surface area (Å²) in [6.07, 6.45) is 1.90. The lowest BCUT2D eigenvalue weighted by atomic mass is 10.3. The van der Waals surface area contributed by atoms with Crippen LogP contribution in [0.5, 0.6) is 0 Å². The molecule has 2 heterocycles. The third kappa shape index (κ3) is 2.43. The molecule has 1 unspecified atom stereocenters. The minimum Gasteiger partial charge on any atom is -0.321 e. The molecule has 0 aliphatic heterocycles. The Morgan fingerprint density at radius 1 is 1.40 bits per heavy atom. The van der Waals surface area contributed by atoms with Crippen molar-refractivity contribution in [3.8, 4) is 0 Å². The summed E-state index contributed by atoms with van der Waals surface area (Å²) < 4.78 is 2.12. The molecule has 104 valence electrons.